The van der Waals surface area contributed by atoms with E-state index in [9.17, 15) is 10.2 Å². The lowest BCUT2D eigenvalue weighted by Crippen LogP contribution is -2.42. The van der Waals surface area contributed by atoms with Crippen molar-refractivity contribution < 1.29 is 14.9 Å². The standard InChI is InChI=1S/C15H26N8O3/c16-3-1-8(2-4-17)19-5-9-11(24)12(25)15(26-9)23-7-22-10-13(18)20-6-21-14(10)23/h6-9,11-12,15,19,24-25H,1-5,16-17H2,(H2,18,20,21)/t9-,11-,12-,15-/m1/s1. The number of nitrogens with two attached hydrogens (primary N) is 3. The first-order valence-corrected chi connectivity index (χ1v) is 8.65. The molecule has 2 aromatic heterocycles. The molecule has 0 saturated carbocycles. The van der Waals surface area contributed by atoms with E-state index in [1.165, 1.54) is 12.7 Å². The molecular formula is C15H26N8O3. The van der Waals surface area contributed by atoms with Gasteiger partial charge < -0.3 is 37.5 Å². The van der Waals surface area contributed by atoms with Crippen LogP contribution >= 0.6 is 0 Å². The monoisotopic (exact) mass is 366 g/mol. The molecule has 4 atom stereocenters. The maximum atomic E-state index is 10.4. The Balaban J connectivity index is 1.72. The zero-order valence-corrected chi connectivity index (χ0v) is 14.4. The maximum Gasteiger partial charge on any atom is 0.167 e. The summed E-state index contributed by atoms with van der Waals surface area (Å²) in [5.74, 6) is 0.242. The van der Waals surface area contributed by atoms with E-state index in [1.807, 2.05) is 0 Å². The molecule has 11 nitrogen and oxygen atoms in total. The normalized spacial score (nSPS) is 26.2. The van der Waals surface area contributed by atoms with E-state index in [4.69, 9.17) is 21.9 Å². The maximum absolute atomic E-state index is 10.4. The van der Waals surface area contributed by atoms with Crippen LogP contribution in [-0.2, 0) is 4.74 Å². The Bertz CT molecular complexity index is 720. The van der Waals surface area contributed by atoms with Gasteiger partial charge in [0, 0.05) is 12.6 Å². The number of aromatic nitrogens is 4. The van der Waals surface area contributed by atoms with Gasteiger partial charge in [-0.2, -0.15) is 0 Å². The first-order valence-electron chi connectivity index (χ1n) is 8.65. The molecule has 0 spiro atoms. The number of hydrogen-bond donors (Lipinski definition) is 6. The number of imidazole rings is 1. The summed E-state index contributed by atoms with van der Waals surface area (Å²) in [6.45, 7) is 1.45. The Kier molecular flexibility index (Phi) is 5.96. The summed E-state index contributed by atoms with van der Waals surface area (Å²) in [5, 5.41) is 24.1. The van der Waals surface area contributed by atoms with Crippen molar-refractivity contribution in [2.24, 2.45) is 11.5 Å². The van der Waals surface area contributed by atoms with Crippen molar-refractivity contribution in [3.63, 3.8) is 0 Å². The molecule has 2 aromatic rings. The fourth-order valence-corrected chi connectivity index (χ4v) is 3.22. The third-order valence-electron chi connectivity index (χ3n) is 4.64. The van der Waals surface area contributed by atoms with Gasteiger partial charge in [-0.15, -0.1) is 0 Å². The number of ether oxygens (including phenoxy) is 1. The second-order valence-corrected chi connectivity index (χ2v) is 6.39. The minimum absolute atomic E-state index is 0.138. The SMILES string of the molecule is NCCC(CCN)NC[C@H]1O[C@@H](n2cnc3c(N)ncnc32)[C@H](O)[C@@H]1O. The van der Waals surface area contributed by atoms with E-state index in [0.29, 0.717) is 30.8 Å². The average molecular weight is 366 g/mol. The van der Waals surface area contributed by atoms with E-state index < -0.39 is 24.5 Å². The molecule has 1 aliphatic heterocycles. The molecule has 9 N–H and O–H groups in total. The molecule has 0 radical (unpaired) electrons. The summed E-state index contributed by atoms with van der Waals surface area (Å²) in [6, 6.07) is 0.138. The molecule has 0 aliphatic carbocycles. The van der Waals surface area contributed by atoms with Crippen LogP contribution < -0.4 is 22.5 Å². The van der Waals surface area contributed by atoms with E-state index in [1.54, 1.807) is 4.57 Å². The van der Waals surface area contributed by atoms with Gasteiger partial charge in [0.2, 0.25) is 0 Å². The highest BCUT2D eigenvalue weighted by molar-refractivity contribution is 5.81. The van der Waals surface area contributed by atoms with Gasteiger partial charge in [-0.1, -0.05) is 0 Å². The Hall–Kier alpha value is -1.89. The highest BCUT2D eigenvalue weighted by atomic mass is 16.6. The molecule has 0 bridgehead atoms. The minimum atomic E-state index is -1.13. The van der Waals surface area contributed by atoms with Crippen LogP contribution in [0.4, 0.5) is 5.82 Å². The van der Waals surface area contributed by atoms with E-state index >= 15 is 0 Å². The molecule has 1 saturated heterocycles. The number of anilines is 1. The Morgan fingerprint density at radius 3 is 2.58 bits per heavy atom. The number of aliphatic hydroxyl groups excluding tert-OH is 2. The van der Waals surface area contributed by atoms with Crippen LogP contribution in [-0.4, -0.2) is 73.7 Å². The summed E-state index contributed by atoms with van der Waals surface area (Å²) >= 11 is 0. The van der Waals surface area contributed by atoms with Crippen LogP contribution in [0, 0.1) is 0 Å². The summed E-state index contributed by atoms with van der Waals surface area (Å²) in [4.78, 5) is 12.2. The number of nitrogen functional groups attached to an aromatic ring is 1. The molecule has 3 rings (SSSR count). The van der Waals surface area contributed by atoms with Gasteiger partial charge in [0.05, 0.1) is 6.33 Å². The molecule has 1 aliphatic rings. The van der Waals surface area contributed by atoms with Gasteiger partial charge in [-0.05, 0) is 25.9 Å². The molecule has 0 aromatic carbocycles. The van der Waals surface area contributed by atoms with Crippen molar-refractivity contribution in [1.82, 2.24) is 24.8 Å². The average Bonchev–Trinajstić information content (AvgIpc) is 3.17. The number of nitrogens with one attached hydrogen (secondary N) is 1. The minimum Gasteiger partial charge on any atom is -0.387 e. The van der Waals surface area contributed by atoms with E-state index in [2.05, 4.69) is 20.3 Å². The molecule has 11 heteroatoms. The van der Waals surface area contributed by atoms with Crippen LogP contribution in [0.2, 0.25) is 0 Å². The van der Waals surface area contributed by atoms with Gasteiger partial charge in [0.25, 0.3) is 0 Å². The number of aliphatic hydroxyl groups is 2. The molecule has 144 valence electrons. The predicted molar refractivity (Wildman–Crippen MR) is 94.8 cm³/mol. The number of nitrogens with zero attached hydrogens (tertiary/aromatic N) is 4. The molecular weight excluding hydrogens is 340 g/mol. The molecule has 3 heterocycles. The Morgan fingerprint density at radius 1 is 1.15 bits per heavy atom. The molecule has 1 fully saturated rings. The van der Waals surface area contributed by atoms with Gasteiger partial charge in [0.1, 0.15) is 30.2 Å². The van der Waals surface area contributed by atoms with Crippen molar-refractivity contribution in [2.75, 3.05) is 25.4 Å². The van der Waals surface area contributed by atoms with Crippen LogP contribution in [0.3, 0.4) is 0 Å². The van der Waals surface area contributed by atoms with Crippen molar-refractivity contribution >= 4 is 17.0 Å². The fourth-order valence-electron chi connectivity index (χ4n) is 3.22. The lowest BCUT2D eigenvalue weighted by atomic mass is 10.1. The summed E-state index contributed by atoms with van der Waals surface area (Å²) < 4.78 is 7.44. The van der Waals surface area contributed by atoms with Crippen molar-refractivity contribution in [2.45, 2.75) is 43.4 Å². The molecule has 0 unspecified atom stereocenters. The predicted octanol–water partition coefficient (Wildman–Crippen LogP) is -2.32. The highest BCUT2D eigenvalue weighted by Gasteiger charge is 2.44. The second kappa shape index (κ2) is 8.20. The number of fused-ring (bicyclic) bond motifs is 1. The molecule has 26 heavy (non-hydrogen) atoms. The van der Waals surface area contributed by atoms with Crippen LogP contribution in [0.5, 0.6) is 0 Å². The lowest BCUT2D eigenvalue weighted by molar-refractivity contribution is -0.0348. The fraction of sp³-hybridized carbons (Fsp3) is 0.667. The summed E-state index contributed by atoms with van der Waals surface area (Å²) in [7, 11) is 0. The van der Waals surface area contributed by atoms with Crippen LogP contribution in [0.1, 0.15) is 19.1 Å². The smallest absolute Gasteiger partial charge is 0.167 e. The zero-order chi connectivity index (χ0) is 18.7. The van der Waals surface area contributed by atoms with Crippen LogP contribution in [0.25, 0.3) is 11.2 Å². The van der Waals surface area contributed by atoms with E-state index in [-0.39, 0.29) is 11.9 Å². The third kappa shape index (κ3) is 3.63. The van der Waals surface area contributed by atoms with Gasteiger partial charge in [0.15, 0.2) is 17.7 Å². The number of rotatable bonds is 8. The first-order chi connectivity index (χ1) is 12.6. The summed E-state index contributed by atoms with van der Waals surface area (Å²) in [5.41, 5.74) is 17.9. The lowest BCUT2D eigenvalue weighted by Gasteiger charge is -2.21. The second-order valence-electron chi connectivity index (χ2n) is 6.39. The topological polar surface area (TPSA) is 183 Å². The van der Waals surface area contributed by atoms with Gasteiger partial charge in [-0.25, -0.2) is 15.0 Å². The van der Waals surface area contributed by atoms with Crippen molar-refractivity contribution in [1.29, 1.82) is 0 Å². The van der Waals surface area contributed by atoms with Crippen LogP contribution in [0.15, 0.2) is 12.7 Å². The van der Waals surface area contributed by atoms with Crippen molar-refractivity contribution in [3.8, 4) is 0 Å². The number of hydrogen-bond acceptors (Lipinski definition) is 10. The molecule has 0 amide bonds. The largest absolute Gasteiger partial charge is 0.387 e. The third-order valence-corrected chi connectivity index (χ3v) is 4.64. The van der Waals surface area contributed by atoms with Gasteiger partial charge >= 0.3 is 0 Å². The van der Waals surface area contributed by atoms with Crippen molar-refractivity contribution in [3.05, 3.63) is 12.7 Å². The summed E-state index contributed by atoms with van der Waals surface area (Å²) in [6.07, 6.45) is 0.735. The zero-order valence-electron chi connectivity index (χ0n) is 14.4. The Labute approximate surface area is 150 Å². The Morgan fingerprint density at radius 2 is 1.88 bits per heavy atom. The first kappa shape index (κ1) is 18.9. The van der Waals surface area contributed by atoms with Gasteiger partial charge in [-0.3, -0.25) is 4.57 Å². The van der Waals surface area contributed by atoms with E-state index in [0.717, 1.165) is 12.8 Å². The quantitative estimate of drug-likeness (QED) is 0.296. The highest BCUT2D eigenvalue weighted by Crippen LogP contribution is 2.31.